The van der Waals surface area contributed by atoms with Crippen LogP contribution < -0.4 is 21.5 Å². The van der Waals surface area contributed by atoms with Gasteiger partial charge in [0.05, 0.1) is 11.0 Å². The maximum Gasteiger partial charge on any atom is 0.302 e. The normalized spacial score (nSPS) is 28.5. The standard InChI is InChI=1S/C45H64N6O6S2/c1-30(52)56-36-14-12-33-24-34(41(55)42-37(33)15-13-32-9-8-11-38(32)57-42)28-51-29-44(27-40(51)54,26-31-16-20-48-39(46)23-31)19-21-49-43(47)50-45(17-5-6-18-45)59-58-22-7-3-2-4-10-35(53)25-36/h13,15-16,20,23-24,32,35-36,38,53,55H,2-12,14,17-19,21-22,25-29H2,1H3,(H2,46,48)(H3,47,49,50)/t32-,35+,36-,38+,44-/m1/s1. The first-order valence-corrected chi connectivity index (χ1v) is 24.3. The Balaban J connectivity index is 1.19. The van der Waals surface area contributed by atoms with Gasteiger partial charge in [-0.1, -0.05) is 65.8 Å². The number of amides is 1. The van der Waals surface area contributed by atoms with E-state index in [0.717, 1.165) is 93.1 Å². The van der Waals surface area contributed by atoms with E-state index < -0.39 is 17.6 Å². The molecule has 59 heavy (non-hydrogen) atoms. The van der Waals surface area contributed by atoms with Crippen molar-refractivity contribution in [3.63, 3.8) is 0 Å². The summed E-state index contributed by atoms with van der Waals surface area (Å²) in [7, 11) is 3.78. The van der Waals surface area contributed by atoms with Crippen LogP contribution in [-0.2, 0) is 33.7 Å². The van der Waals surface area contributed by atoms with Crippen LogP contribution in [0, 0.1) is 11.3 Å². The quantitative estimate of drug-likeness (QED) is 0.152. The first kappa shape index (κ1) is 43.5. The first-order chi connectivity index (χ1) is 28.5. The van der Waals surface area contributed by atoms with Crippen molar-refractivity contribution in [1.82, 2.24) is 15.2 Å². The monoisotopic (exact) mass is 848 g/mol. The van der Waals surface area contributed by atoms with E-state index in [2.05, 4.69) is 22.5 Å². The minimum Gasteiger partial charge on any atom is -0.504 e. The summed E-state index contributed by atoms with van der Waals surface area (Å²) >= 11 is 0. The van der Waals surface area contributed by atoms with Crippen molar-refractivity contribution in [1.29, 1.82) is 0 Å². The zero-order valence-electron chi connectivity index (χ0n) is 34.7. The smallest absolute Gasteiger partial charge is 0.302 e. The predicted molar refractivity (Wildman–Crippen MR) is 237 cm³/mol. The van der Waals surface area contributed by atoms with Gasteiger partial charge in [0, 0.05) is 73.8 Å². The number of rotatable bonds is 3. The van der Waals surface area contributed by atoms with Gasteiger partial charge in [-0.15, -0.1) is 0 Å². The van der Waals surface area contributed by atoms with Gasteiger partial charge in [-0.2, -0.15) is 0 Å². The van der Waals surface area contributed by atoms with Gasteiger partial charge >= 0.3 is 5.97 Å². The molecule has 322 valence electrons. The summed E-state index contributed by atoms with van der Waals surface area (Å²) < 4.78 is 12.5. The van der Waals surface area contributed by atoms with E-state index in [0.29, 0.717) is 81.1 Å². The molecule has 1 saturated heterocycles. The number of esters is 1. The lowest BCUT2D eigenvalue weighted by atomic mass is 9.78. The molecule has 1 amide bonds. The zero-order chi connectivity index (χ0) is 41.4. The largest absolute Gasteiger partial charge is 0.504 e. The minimum atomic E-state index is -0.580. The number of fused-ring (bicyclic) bond motifs is 7. The molecular weight excluding hydrogens is 785 g/mol. The molecule has 0 unspecified atom stereocenters. The number of carbonyl (C=O) groups excluding carboxylic acids is 2. The number of aliphatic imine (C=N–C) groups is 1. The second kappa shape index (κ2) is 19.8. The van der Waals surface area contributed by atoms with E-state index >= 15 is 0 Å². The number of aromatic nitrogens is 1. The maximum absolute atomic E-state index is 14.1. The van der Waals surface area contributed by atoms with Crippen LogP contribution in [0.4, 0.5) is 5.82 Å². The molecule has 5 aliphatic rings. The van der Waals surface area contributed by atoms with Crippen molar-refractivity contribution in [2.24, 2.45) is 22.1 Å². The lowest BCUT2D eigenvalue weighted by Crippen LogP contribution is -2.47. The van der Waals surface area contributed by atoms with Gasteiger partial charge in [-0.3, -0.25) is 14.6 Å². The van der Waals surface area contributed by atoms with Crippen molar-refractivity contribution >= 4 is 51.3 Å². The number of phenolic OH excluding ortho intramolecular Hbond substituents is 1. The minimum absolute atomic E-state index is 0.00858. The number of aromatic hydroxyl groups is 1. The van der Waals surface area contributed by atoms with Crippen LogP contribution in [0.3, 0.4) is 0 Å². The summed E-state index contributed by atoms with van der Waals surface area (Å²) in [5.74, 6) is 2.34. The third-order valence-electron chi connectivity index (χ3n) is 13.0. The summed E-state index contributed by atoms with van der Waals surface area (Å²) in [6.45, 7) is 2.56. The third kappa shape index (κ3) is 11.4. The van der Waals surface area contributed by atoms with Gasteiger partial charge < -0.3 is 41.4 Å². The molecule has 1 spiro atoms. The summed E-state index contributed by atoms with van der Waals surface area (Å²) in [6.07, 6.45) is 20.1. The van der Waals surface area contributed by atoms with Crippen molar-refractivity contribution in [2.75, 3.05) is 24.6 Å². The Labute approximate surface area is 357 Å². The number of nitrogens with zero attached hydrogens (tertiary/aromatic N) is 3. The van der Waals surface area contributed by atoms with Crippen LogP contribution in [0.1, 0.15) is 132 Å². The Morgan fingerprint density at radius 1 is 1.05 bits per heavy atom. The molecule has 7 N–H and O–H groups in total. The number of aryl methyl sites for hydroxylation is 1. The van der Waals surface area contributed by atoms with Crippen LogP contribution >= 0.6 is 21.6 Å². The van der Waals surface area contributed by atoms with Gasteiger partial charge in [0.15, 0.2) is 17.5 Å². The number of nitrogens with one attached hydrogen (secondary N) is 1. The molecule has 2 aromatic rings. The van der Waals surface area contributed by atoms with E-state index in [9.17, 15) is 19.8 Å². The molecule has 2 aliphatic carbocycles. The van der Waals surface area contributed by atoms with Crippen molar-refractivity contribution in [3.05, 3.63) is 52.7 Å². The van der Waals surface area contributed by atoms with Crippen molar-refractivity contribution in [2.45, 2.75) is 152 Å². The second-order valence-electron chi connectivity index (χ2n) is 17.7. The number of phenols is 1. The second-order valence-corrected chi connectivity index (χ2v) is 20.5. The molecule has 7 rings (SSSR count). The molecule has 3 aliphatic heterocycles. The summed E-state index contributed by atoms with van der Waals surface area (Å²) in [6, 6.07) is 5.83. The highest BCUT2D eigenvalue weighted by Crippen LogP contribution is 2.47. The summed E-state index contributed by atoms with van der Waals surface area (Å²) in [4.78, 5) is 37.2. The number of carbonyl (C=O) groups is 2. The van der Waals surface area contributed by atoms with E-state index in [-0.39, 0.29) is 41.1 Å². The number of aliphatic hydroxyl groups is 1. The Kier molecular flexibility index (Phi) is 14.6. The van der Waals surface area contributed by atoms with Crippen LogP contribution in [0.5, 0.6) is 11.5 Å². The Morgan fingerprint density at radius 3 is 2.69 bits per heavy atom. The van der Waals surface area contributed by atoms with E-state index in [1.807, 2.05) is 44.7 Å². The van der Waals surface area contributed by atoms with Gasteiger partial charge in [0.2, 0.25) is 5.91 Å². The fraction of sp³-hybridized carbons (Fsp3) is 0.644. The fourth-order valence-corrected chi connectivity index (χ4v) is 13.1. The molecular formula is C45H64N6O6S2. The zero-order valence-corrected chi connectivity index (χ0v) is 36.3. The Hall–Kier alpha value is -3.62. The van der Waals surface area contributed by atoms with Gasteiger partial charge in [0.1, 0.15) is 18.0 Å². The number of nitrogens with two attached hydrogens (primary N) is 2. The highest BCUT2D eigenvalue weighted by molar-refractivity contribution is 8.77. The number of nitrogen functional groups attached to an aromatic ring is 1. The summed E-state index contributed by atoms with van der Waals surface area (Å²) in [5.41, 5.74) is 15.7. The lowest BCUT2D eigenvalue weighted by molar-refractivity contribution is -0.148. The van der Waals surface area contributed by atoms with Crippen LogP contribution in [-0.4, -0.2) is 80.0 Å². The number of aliphatic hydroxyl groups excluding tert-OH is 1. The number of hydrogen-bond acceptors (Lipinski definition) is 13. The maximum atomic E-state index is 14.1. The molecule has 1 aromatic carbocycles. The molecule has 5 atom stereocenters. The van der Waals surface area contributed by atoms with Crippen LogP contribution in [0.2, 0.25) is 0 Å². The molecule has 3 fully saturated rings. The predicted octanol–water partition coefficient (Wildman–Crippen LogP) is 7.43. The van der Waals surface area contributed by atoms with Crippen LogP contribution in [0.25, 0.3) is 6.08 Å². The molecule has 2 saturated carbocycles. The van der Waals surface area contributed by atoms with Crippen LogP contribution in [0.15, 0.2) is 35.5 Å². The third-order valence-corrected chi connectivity index (χ3v) is 16.2. The lowest BCUT2D eigenvalue weighted by Gasteiger charge is -2.30. The van der Waals surface area contributed by atoms with E-state index in [1.54, 1.807) is 6.20 Å². The van der Waals surface area contributed by atoms with Gasteiger partial charge in [0.25, 0.3) is 0 Å². The SMILES string of the molecule is CC(=O)O[C@@H]1CCc2cc(c(O)c3c2C=C[C@H]2CCC[C@@H]2O3)CN2C[C@@](Cc3ccnc(N)c3)(CCN=C(N)NC3(CCCC3)SSCCCCCC[C@H](O)C1)CC2=O. The van der Waals surface area contributed by atoms with E-state index in [4.69, 9.17) is 25.9 Å². The molecule has 14 heteroatoms. The average Bonchev–Trinajstić information content (AvgIpc) is 3.88. The number of hydrogen-bond donors (Lipinski definition) is 5. The molecule has 12 nitrogen and oxygen atoms in total. The number of guanidine groups is 1. The molecule has 4 bridgehead atoms. The van der Waals surface area contributed by atoms with Gasteiger partial charge in [-0.05, 0) is 100.0 Å². The average molecular weight is 849 g/mol. The van der Waals surface area contributed by atoms with Gasteiger partial charge in [-0.25, -0.2) is 4.98 Å². The number of pyridine rings is 1. The first-order valence-electron chi connectivity index (χ1n) is 21.9. The Bertz CT molecular complexity index is 1850. The number of ether oxygens (including phenoxy) is 2. The number of benzene rings is 1. The topological polar surface area (TPSA) is 186 Å². The highest BCUT2D eigenvalue weighted by Gasteiger charge is 2.44. The molecule has 0 radical (unpaired) electrons. The molecule has 1 aromatic heterocycles. The fourth-order valence-electron chi connectivity index (χ4n) is 9.95. The molecule has 4 heterocycles. The van der Waals surface area contributed by atoms with Crippen molar-refractivity contribution in [3.8, 4) is 11.5 Å². The van der Waals surface area contributed by atoms with Crippen molar-refractivity contribution < 1.29 is 29.3 Å². The summed E-state index contributed by atoms with van der Waals surface area (Å²) in [5, 5.41) is 26.7. The van der Waals surface area contributed by atoms with E-state index in [1.165, 1.54) is 6.92 Å². The highest BCUT2D eigenvalue weighted by atomic mass is 33.1. The Morgan fingerprint density at radius 2 is 1.88 bits per heavy atom. The number of anilines is 1.